The summed E-state index contributed by atoms with van der Waals surface area (Å²) in [7, 11) is 0. The molecule has 2 aliphatic rings. The van der Waals surface area contributed by atoms with E-state index in [2.05, 4.69) is 15.6 Å². The SMILES string of the molecule is CCOC(=O)c1cn(OCOc2ccc(CC(NC(=O)OC(C)(C)C)C(=O)OCC34CC3C4)cc2)nn1. The zero-order chi connectivity index (χ0) is 26.6. The second kappa shape index (κ2) is 10.7. The van der Waals surface area contributed by atoms with E-state index in [0.29, 0.717) is 18.3 Å². The van der Waals surface area contributed by atoms with Gasteiger partial charge in [-0.25, -0.2) is 14.4 Å². The maximum absolute atomic E-state index is 12.8. The average molecular weight is 517 g/mol. The van der Waals surface area contributed by atoms with Gasteiger partial charge < -0.3 is 29.1 Å². The fraction of sp³-hybridized carbons (Fsp3) is 0.560. The van der Waals surface area contributed by atoms with Crippen LogP contribution in [0.5, 0.6) is 5.75 Å². The molecule has 2 aromatic rings. The lowest BCUT2D eigenvalue weighted by atomic mass is 10.1. The van der Waals surface area contributed by atoms with E-state index in [9.17, 15) is 14.4 Å². The van der Waals surface area contributed by atoms with E-state index in [1.807, 2.05) is 0 Å². The lowest BCUT2D eigenvalue weighted by molar-refractivity contribution is -0.147. The van der Waals surface area contributed by atoms with E-state index >= 15 is 0 Å². The standard InChI is InChI=1S/C25H32N4O8/c1-5-33-22(31)20-13-29(28-27-20)36-15-35-18-8-6-16(7-9-18)10-19(26-23(32)37-24(2,3)4)21(30)34-14-25-11-17(25)12-25/h6-9,13,17,19H,5,10-12,14-15H2,1-4H3,(H,26,32). The van der Waals surface area contributed by atoms with Crippen molar-refractivity contribution in [1.82, 2.24) is 20.5 Å². The highest BCUT2D eigenvalue weighted by molar-refractivity contribution is 5.86. The number of nitrogens with one attached hydrogen (secondary N) is 1. The number of nitrogens with zero attached hydrogens (tertiary/aromatic N) is 3. The van der Waals surface area contributed by atoms with Gasteiger partial charge in [0.2, 0.25) is 0 Å². The van der Waals surface area contributed by atoms with Crippen LogP contribution in [0.25, 0.3) is 0 Å². The van der Waals surface area contributed by atoms with E-state index in [-0.39, 0.29) is 30.9 Å². The molecule has 0 bridgehead atoms. The number of fused-ring (bicyclic) bond motifs is 1. The van der Waals surface area contributed by atoms with Crippen LogP contribution < -0.4 is 14.9 Å². The predicted molar refractivity (Wildman–Crippen MR) is 127 cm³/mol. The molecule has 12 heteroatoms. The molecule has 200 valence electrons. The van der Waals surface area contributed by atoms with Gasteiger partial charge >= 0.3 is 18.0 Å². The average Bonchev–Trinajstić information content (AvgIpc) is 3.63. The van der Waals surface area contributed by atoms with Gasteiger partial charge in [0.05, 0.1) is 13.2 Å². The lowest BCUT2D eigenvalue weighted by Gasteiger charge is -2.23. The fourth-order valence-electron chi connectivity index (χ4n) is 3.71. The Kier molecular flexibility index (Phi) is 7.55. The molecule has 2 fully saturated rings. The Balaban J connectivity index is 1.28. The van der Waals surface area contributed by atoms with Crippen LogP contribution in [0.15, 0.2) is 30.5 Å². The second-order valence-corrected chi connectivity index (χ2v) is 10.2. The Morgan fingerprint density at radius 1 is 1.16 bits per heavy atom. The minimum atomic E-state index is -0.891. The first-order valence-corrected chi connectivity index (χ1v) is 12.2. The van der Waals surface area contributed by atoms with Gasteiger partial charge in [0.25, 0.3) is 6.79 Å². The van der Waals surface area contributed by atoms with E-state index in [1.54, 1.807) is 52.0 Å². The van der Waals surface area contributed by atoms with Crippen molar-refractivity contribution < 1.29 is 38.2 Å². The van der Waals surface area contributed by atoms with Crippen molar-refractivity contribution >= 4 is 18.0 Å². The lowest BCUT2D eigenvalue weighted by Crippen LogP contribution is -2.45. The predicted octanol–water partition coefficient (Wildman–Crippen LogP) is 2.31. The number of alkyl carbamates (subject to hydrolysis) is 1. The largest absolute Gasteiger partial charge is 0.464 e. The van der Waals surface area contributed by atoms with Crippen LogP contribution in [-0.4, -0.2) is 64.8 Å². The molecule has 1 aromatic heterocycles. The van der Waals surface area contributed by atoms with Gasteiger partial charge in [-0.2, -0.15) is 0 Å². The second-order valence-electron chi connectivity index (χ2n) is 10.2. The van der Waals surface area contributed by atoms with Gasteiger partial charge in [-0.05, 0) is 69.4 Å². The van der Waals surface area contributed by atoms with Gasteiger partial charge in [0.15, 0.2) is 5.69 Å². The van der Waals surface area contributed by atoms with E-state index in [1.165, 1.54) is 6.20 Å². The van der Waals surface area contributed by atoms with Gasteiger partial charge in [0, 0.05) is 11.8 Å². The summed E-state index contributed by atoms with van der Waals surface area (Å²) >= 11 is 0. The number of hydrogen-bond donors (Lipinski definition) is 1. The third kappa shape index (κ3) is 7.34. The number of carbonyl (C=O) groups is 3. The summed E-state index contributed by atoms with van der Waals surface area (Å²) in [5, 5.41) is 9.98. The third-order valence-electron chi connectivity index (χ3n) is 6.06. The summed E-state index contributed by atoms with van der Waals surface area (Å²) in [5.74, 6) is 0.113. The third-order valence-corrected chi connectivity index (χ3v) is 6.06. The molecule has 1 heterocycles. The molecule has 12 nitrogen and oxygen atoms in total. The summed E-state index contributed by atoms with van der Waals surface area (Å²) < 4.78 is 21.2. The summed E-state index contributed by atoms with van der Waals surface area (Å²) in [4.78, 5) is 43.0. The Labute approximate surface area is 214 Å². The normalized spacial score (nSPS) is 20.2. The van der Waals surface area contributed by atoms with Crippen molar-refractivity contribution in [2.45, 2.75) is 58.6 Å². The smallest absolute Gasteiger partial charge is 0.408 e. The molecular formula is C25H32N4O8. The number of carbonyl (C=O) groups excluding carboxylic acids is 3. The van der Waals surface area contributed by atoms with Crippen LogP contribution in [-0.2, 0) is 25.4 Å². The van der Waals surface area contributed by atoms with Gasteiger partial charge in [-0.1, -0.05) is 17.0 Å². The molecule has 0 aliphatic heterocycles. The molecular weight excluding hydrogens is 484 g/mol. The van der Waals surface area contributed by atoms with Crippen LogP contribution in [0, 0.1) is 11.3 Å². The van der Waals surface area contributed by atoms with Gasteiger partial charge in [-0.15, -0.1) is 5.10 Å². The topological polar surface area (TPSA) is 140 Å². The molecule has 1 unspecified atom stereocenters. The van der Waals surface area contributed by atoms with E-state index < -0.39 is 29.7 Å². The molecule has 2 saturated carbocycles. The first kappa shape index (κ1) is 26.2. The van der Waals surface area contributed by atoms with E-state index in [0.717, 1.165) is 23.3 Å². The number of aromatic nitrogens is 3. The van der Waals surface area contributed by atoms with E-state index in [4.69, 9.17) is 23.8 Å². The molecule has 2 aliphatic carbocycles. The number of hydrogen-bond acceptors (Lipinski definition) is 10. The number of benzene rings is 1. The van der Waals surface area contributed by atoms with Crippen molar-refractivity contribution in [2.24, 2.45) is 11.3 Å². The van der Waals surface area contributed by atoms with Crippen LogP contribution in [0.3, 0.4) is 0 Å². The molecule has 4 rings (SSSR count). The number of ether oxygens (including phenoxy) is 4. The van der Waals surface area contributed by atoms with Crippen molar-refractivity contribution in [2.75, 3.05) is 20.0 Å². The van der Waals surface area contributed by atoms with Crippen molar-refractivity contribution in [1.29, 1.82) is 0 Å². The van der Waals surface area contributed by atoms with Crippen LogP contribution >= 0.6 is 0 Å². The first-order valence-electron chi connectivity index (χ1n) is 12.2. The highest BCUT2D eigenvalue weighted by atomic mass is 16.8. The van der Waals surface area contributed by atoms with Crippen molar-refractivity contribution in [3.63, 3.8) is 0 Å². The van der Waals surface area contributed by atoms with Gasteiger partial charge in [0.1, 0.15) is 23.6 Å². The minimum Gasteiger partial charge on any atom is -0.464 e. The van der Waals surface area contributed by atoms with Crippen LogP contribution in [0.4, 0.5) is 4.79 Å². The van der Waals surface area contributed by atoms with Gasteiger partial charge in [-0.3, -0.25) is 0 Å². The number of rotatable bonds is 12. The molecule has 0 spiro atoms. The quantitative estimate of drug-likeness (QED) is 0.254. The molecule has 0 radical (unpaired) electrons. The molecule has 1 atom stereocenters. The fourth-order valence-corrected chi connectivity index (χ4v) is 3.71. The highest BCUT2D eigenvalue weighted by Crippen LogP contribution is 2.75. The Hall–Kier alpha value is -3.83. The Morgan fingerprint density at radius 3 is 2.49 bits per heavy atom. The number of amides is 1. The Bertz CT molecular complexity index is 1120. The van der Waals surface area contributed by atoms with Crippen molar-refractivity contribution in [3.8, 4) is 5.75 Å². The maximum Gasteiger partial charge on any atom is 0.408 e. The van der Waals surface area contributed by atoms with Crippen LogP contribution in [0.2, 0.25) is 0 Å². The Morgan fingerprint density at radius 2 is 1.86 bits per heavy atom. The zero-order valence-corrected chi connectivity index (χ0v) is 21.4. The summed E-state index contributed by atoms with van der Waals surface area (Å²) in [6, 6.07) is 6.07. The first-order chi connectivity index (χ1) is 17.6. The minimum absolute atomic E-state index is 0.0213. The molecule has 1 N–H and O–H groups in total. The van der Waals surface area contributed by atoms with Crippen LogP contribution in [0.1, 0.15) is 56.6 Å². The number of esters is 2. The molecule has 1 aromatic carbocycles. The molecule has 1 amide bonds. The molecule has 37 heavy (non-hydrogen) atoms. The summed E-state index contributed by atoms with van der Waals surface area (Å²) in [5.41, 5.74) is 0.309. The highest BCUT2D eigenvalue weighted by Gasteiger charge is 2.70. The summed E-state index contributed by atoms with van der Waals surface area (Å²) in [6.07, 6.45) is 3.05. The maximum atomic E-state index is 12.8. The van der Waals surface area contributed by atoms with Crippen molar-refractivity contribution in [3.05, 3.63) is 41.7 Å². The monoisotopic (exact) mass is 516 g/mol. The zero-order valence-electron chi connectivity index (χ0n) is 21.4. The summed E-state index contributed by atoms with van der Waals surface area (Å²) in [6.45, 7) is 7.38. The molecule has 0 saturated heterocycles.